The standard InChI is InChI=1S/C23H19ClN8O2.H2S/c24-15-8-10-31-18(15)23(34)32(13-5-2-1-3-6-13)21(29-31)16-7-4-9-30(16)22-17-14(19(25)33)11-26-20(17)27-12-28-22;/h1-3,5-6,8,10-12,16H,4,7,9H2,(H2,25,33)(H,26,27,28);1H2/t16-;/m0./s1. The summed E-state index contributed by atoms with van der Waals surface area (Å²) in [6.45, 7) is 0.662. The third-order valence-corrected chi connectivity index (χ3v) is 6.52. The van der Waals surface area contributed by atoms with Crippen LogP contribution in [-0.2, 0) is 0 Å². The van der Waals surface area contributed by atoms with Gasteiger partial charge in [-0.25, -0.2) is 14.5 Å². The molecule has 1 aliphatic heterocycles. The predicted octanol–water partition coefficient (Wildman–Crippen LogP) is 2.96. The Bertz CT molecular complexity index is 1630. The molecule has 3 N–H and O–H groups in total. The van der Waals surface area contributed by atoms with E-state index in [1.807, 2.05) is 30.3 Å². The van der Waals surface area contributed by atoms with E-state index in [-0.39, 0.29) is 25.1 Å². The largest absolute Gasteiger partial charge is 0.366 e. The van der Waals surface area contributed by atoms with Gasteiger partial charge in [-0.15, -0.1) is 0 Å². The second-order valence-electron chi connectivity index (χ2n) is 8.13. The molecule has 10 nitrogen and oxygen atoms in total. The van der Waals surface area contributed by atoms with Gasteiger partial charge in [0.2, 0.25) is 0 Å². The number of hydrogen-bond acceptors (Lipinski definition) is 6. The van der Waals surface area contributed by atoms with Crippen molar-refractivity contribution in [1.82, 2.24) is 29.1 Å². The van der Waals surface area contributed by atoms with Crippen LogP contribution < -0.4 is 16.2 Å². The maximum Gasteiger partial charge on any atom is 0.284 e. The number of nitrogens with two attached hydrogens (primary N) is 1. The summed E-state index contributed by atoms with van der Waals surface area (Å²) in [5, 5.41) is 5.72. The summed E-state index contributed by atoms with van der Waals surface area (Å²) in [4.78, 5) is 39.5. The van der Waals surface area contributed by atoms with Crippen LogP contribution in [0, 0.1) is 0 Å². The van der Waals surface area contributed by atoms with E-state index in [1.165, 1.54) is 10.8 Å². The minimum atomic E-state index is -0.569. The van der Waals surface area contributed by atoms with Crippen molar-refractivity contribution in [1.29, 1.82) is 0 Å². The Labute approximate surface area is 210 Å². The second-order valence-corrected chi connectivity index (χ2v) is 8.54. The molecule has 12 heteroatoms. The summed E-state index contributed by atoms with van der Waals surface area (Å²) in [6, 6.07) is 10.7. The van der Waals surface area contributed by atoms with Crippen molar-refractivity contribution < 1.29 is 4.79 Å². The smallest absolute Gasteiger partial charge is 0.284 e. The van der Waals surface area contributed by atoms with Crippen LogP contribution in [-0.4, -0.2) is 41.6 Å². The highest BCUT2D eigenvalue weighted by Crippen LogP contribution is 2.38. The molecule has 1 fully saturated rings. The van der Waals surface area contributed by atoms with Crippen LogP contribution in [0.25, 0.3) is 22.2 Å². The molecular formula is C23H21ClN8O2S. The number of aromatic amines is 1. The lowest BCUT2D eigenvalue weighted by molar-refractivity contribution is 0.100. The summed E-state index contributed by atoms with van der Waals surface area (Å²) in [7, 11) is 0. The van der Waals surface area contributed by atoms with Gasteiger partial charge in [0.05, 0.1) is 27.7 Å². The molecule has 0 radical (unpaired) electrons. The lowest BCUT2D eigenvalue weighted by Crippen LogP contribution is -2.33. The fraction of sp³-hybridized carbons (Fsp3) is 0.174. The number of hydrogen-bond donors (Lipinski definition) is 2. The zero-order valence-corrected chi connectivity index (χ0v) is 20.1. The van der Waals surface area contributed by atoms with Gasteiger partial charge in [0.25, 0.3) is 11.5 Å². The number of primary amides is 1. The van der Waals surface area contributed by atoms with Crippen molar-refractivity contribution in [3.63, 3.8) is 0 Å². The molecule has 5 aromatic rings. The number of carbonyl (C=O) groups is 1. The highest BCUT2D eigenvalue weighted by atomic mass is 35.5. The third-order valence-electron chi connectivity index (χ3n) is 6.21. The number of para-hydroxylation sites is 1. The third kappa shape index (κ3) is 3.55. The Balaban J connectivity index is 0.00000253. The molecule has 6 rings (SSSR count). The van der Waals surface area contributed by atoms with Gasteiger partial charge in [-0.05, 0) is 31.0 Å². The maximum absolute atomic E-state index is 13.7. The number of anilines is 1. The van der Waals surface area contributed by atoms with Crippen molar-refractivity contribution in [2.45, 2.75) is 18.9 Å². The number of H-pyrrole nitrogens is 1. The van der Waals surface area contributed by atoms with E-state index in [2.05, 4.69) is 19.9 Å². The molecular weight excluding hydrogens is 488 g/mol. The quantitative estimate of drug-likeness (QED) is 0.384. The summed E-state index contributed by atoms with van der Waals surface area (Å²) >= 11 is 6.33. The van der Waals surface area contributed by atoms with Crippen LogP contribution >= 0.6 is 25.1 Å². The molecule has 35 heavy (non-hydrogen) atoms. The van der Waals surface area contributed by atoms with E-state index in [9.17, 15) is 9.59 Å². The summed E-state index contributed by atoms with van der Waals surface area (Å²) in [5.74, 6) is 0.555. The normalized spacial score (nSPS) is 15.6. The minimum absolute atomic E-state index is 0. The number of nitrogens with one attached hydrogen (secondary N) is 1. The first-order valence-corrected chi connectivity index (χ1v) is 11.2. The van der Waals surface area contributed by atoms with Crippen molar-refractivity contribution in [3.8, 4) is 5.69 Å². The molecule has 1 saturated heterocycles. The first-order valence-electron chi connectivity index (χ1n) is 10.8. The monoisotopic (exact) mass is 508 g/mol. The number of amides is 1. The zero-order valence-electron chi connectivity index (χ0n) is 18.3. The fourth-order valence-corrected chi connectivity index (χ4v) is 4.96. The zero-order chi connectivity index (χ0) is 23.4. The Kier molecular flexibility index (Phi) is 5.73. The molecule has 0 spiro atoms. The van der Waals surface area contributed by atoms with Gasteiger partial charge in [-0.1, -0.05) is 29.8 Å². The van der Waals surface area contributed by atoms with Crippen molar-refractivity contribution in [2.75, 3.05) is 11.4 Å². The highest BCUT2D eigenvalue weighted by Gasteiger charge is 2.34. The summed E-state index contributed by atoms with van der Waals surface area (Å²) in [6.07, 6.45) is 6.25. The Morgan fingerprint density at radius 1 is 1.17 bits per heavy atom. The van der Waals surface area contributed by atoms with Crippen LogP contribution in [0.4, 0.5) is 5.82 Å². The first-order chi connectivity index (χ1) is 16.5. The average Bonchev–Trinajstić information content (AvgIpc) is 3.57. The van der Waals surface area contributed by atoms with Crippen molar-refractivity contribution >= 4 is 53.4 Å². The molecule has 1 amide bonds. The maximum atomic E-state index is 13.7. The lowest BCUT2D eigenvalue weighted by Gasteiger charge is -2.27. The minimum Gasteiger partial charge on any atom is -0.366 e. The van der Waals surface area contributed by atoms with E-state index >= 15 is 0 Å². The van der Waals surface area contributed by atoms with Gasteiger partial charge in [0, 0.05) is 18.9 Å². The van der Waals surface area contributed by atoms with Gasteiger partial charge < -0.3 is 15.6 Å². The second kappa shape index (κ2) is 8.75. The van der Waals surface area contributed by atoms with Gasteiger partial charge in [-0.2, -0.15) is 18.6 Å². The van der Waals surface area contributed by atoms with Crippen LogP contribution in [0.1, 0.15) is 35.1 Å². The Morgan fingerprint density at radius 2 is 1.97 bits per heavy atom. The van der Waals surface area contributed by atoms with Gasteiger partial charge in [0.1, 0.15) is 23.3 Å². The summed E-state index contributed by atoms with van der Waals surface area (Å²) < 4.78 is 3.13. The molecule has 1 atom stereocenters. The number of rotatable bonds is 4. The SMILES string of the molecule is NC(=O)c1c[nH]c2ncnc(N3CCC[C@H]3c3nn4ccc(Cl)c4c(=O)n3-c3ccccc3)c12.S. The Morgan fingerprint density at radius 3 is 2.74 bits per heavy atom. The summed E-state index contributed by atoms with van der Waals surface area (Å²) in [5.41, 5.74) is 7.19. The molecule has 1 aliphatic rings. The van der Waals surface area contributed by atoms with Crippen LogP contribution in [0.5, 0.6) is 0 Å². The number of carbonyl (C=O) groups excluding carboxylic acids is 1. The van der Waals surface area contributed by atoms with E-state index in [4.69, 9.17) is 22.4 Å². The van der Waals surface area contributed by atoms with Crippen LogP contribution in [0.3, 0.4) is 0 Å². The predicted molar refractivity (Wildman–Crippen MR) is 138 cm³/mol. The van der Waals surface area contributed by atoms with Gasteiger partial charge in [-0.3, -0.25) is 14.2 Å². The lowest BCUT2D eigenvalue weighted by atomic mass is 10.1. The first kappa shape index (κ1) is 22.9. The van der Waals surface area contributed by atoms with Crippen LogP contribution in [0.2, 0.25) is 5.02 Å². The average molecular weight is 509 g/mol. The topological polar surface area (TPSA) is 127 Å². The molecule has 0 aliphatic carbocycles. The van der Waals surface area contributed by atoms with Crippen LogP contribution in [0.15, 0.2) is 59.9 Å². The van der Waals surface area contributed by atoms with Crippen molar-refractivity contribution in [3.05, 3.63) is 81.9 Å². The number of nitrogens with zero attached hydrogens (tertiary/aromatic N) is 6. The fourth-order valence-electron chi connectivity index (χ4n) is 4.74. The van der Waals surface area contributed by atoms with Crippen molar-refractivity contribution in [2.24, 2.45) is 5.73 Å². The van der Waals surface area contributed by atoms with E-state index in [0.29, 0.717) is 51.0 Å². The van der Waals surface area contributed by atoms with Gasteiger partial charge >= 0.3 is 0 Å². The number of aromatic nitrogens is 6. The number of halogens is 1. The van der Waals surface area contributed by atoms with E-state index < -0.39 is 5.91 Å². The number of fused-ring (bicyclic) bond motifs is 2. The molecule has 5 heterocycles. The molecule has 1 aromatic carbocycles. The van der Waals surface area contributed by atoms with E-state index in [1.54, 1.807) is 23.0 Å². The molecule has 0 bridgehead atoms. The molecule has 0 unspecified atom stereocenters. The van der Waals surface area contributed by atoms with E-state index in [0.717, 1.165) is 12.8 Å². The molecule has 4 aromatic heterocycles. The van der Waals surface area contributed by atoms with Gasteiger partial charge in [0.15, 0.2) is 5.82 Å². The Hall–Kier alpha value is -3.83. The molecule has 0 saturated carbocycles. The molecule has 178 valence electrons. The number of benzene rings is 1. The highest BCUT2D eigenvalue weighted by molar-refractivity contribution is 7.59.